The van der Waals surface area contributed by atoms with E-state index in [1.54, 1.807) is 6.20 Å². The Morgan fingerprint density at radius 2 is 1.64 bits per heavy atom. The number of aliphatic hydroxyl groups excluding tert-OH is 1. The Kier molecular flexibility index (Phi) is 10.8. The second-order valence-corrected chi connectivity index (χ2v) is 9.21. The number of rotatable bonds is 13. The molecule has 3 amide bonds. The molecular weight excluding hydrogens is 486 g/mol. The lowest BCUT2D eigenvalue weighted by Gasteiger charge is -2.26. The molecule has 36 heavy (non-hydrogen) atoms. The Morgan fingerprint density at radius 3 is 2.22 bits per heavy atom. The first kappa shape index (κ1) is 29.1. The molecule has 1 aromatic carbocycles. The number of aliphatic carboxylic acids is 1. The Balaban J connectivity index is 2.27. The van der Waals surface area contributed by atoms with Crippen LogP contribution in [0.5, 0.6) is 0 Å². The Bertz CT molecular complexity index is 1070. The maximum atomic E-state index is 13.1. The number of hydrogen-bond acceptors (Lipinski definition) is 7. The fraction of sp³-hybridized carbons (Fsp3) is 0.500. The second-order valence-electron chi connectivity index (χ2n) is 8.84. The van der Waals surface area contributed by atoms with Gasteiger partial charge in [-0.25, -0.2) is 4.79 Å². The van der Waals surface area contributed by atoms with Crippen LogP contribution >= 0.6 is 12.6 Å². The van der Waals surface area contributed by atoms with Crippen molar-refractivity contribution in [2.75, 3.05) is 5.75 Å². The number of aromatic nitrogens is 1. The number of carbonyl (C=O) groups is 4. The molecule has 8 N–H and O–H groups in total. The number of thiol groups is 1. The van der Waals surface area contributed by atoms with Gasteiger partial charge in [0.05, 0.1) is 12.1 Å². The fourth-order valence-corrected chi connectivity index (χ4v) is 3.88. The molecule has 0 aliphatic carbocycles. The van der Waals surface area contributed by atoms with Gasteiger partial charge in [-0.15, -0.1) is 0 Å². The Morgan fingerprint density at radius 1 is 1.03 bits per heavy atom. The predicted molar refractivity (Wildman–Crippen MR) is 138 cm³/mol. The Labute approximate surface area is 215 Å². The minimum Gasteiger partial charge on any atom is -0.480 e. The first-order valence-corrected chi connectivity index (χ1v) is 12.4. The number of benzene rings is 1. The van der Waals surface area contributed by atoms with Crippen LogP contribution in [0.1, 0.15) is 32.8 Å². The molecule has 0 spiro atoms. The molecule has 0 fully saturated rings. The van der Waals surface area contributed by atoms with E-state index in [1.165, 1.54) is 6.92 Å². The van der Waals surface area contributed by atoms with Crippen molar-refractivity contribution < 1.29 is 29.4 Å². The van der Waals surface area contributed by atoms with Crippen LogP contribution in [0.2, 0.25) is 0 Å². The summed E-state index contributed by atoms with van der Waals surface area (Å²) in [7, 11) is 0. The first-order valence-electron chi connectivity index (χ1n) is 11.7. The number of hydrogen-bond donors (Lipinski definition) is 8. The van der Waals surface area contributed by atoms with Crippen molar-refractivity contribution in [3.05, 3.63) is 36.0 Å². The number of para-hydroxylation sites is 1. The molecule has 1 heterocycles. The Hall–Kier alpha value is -3.09. The molecular formula is C24H35N5O6S. The van der Waals surface area contributed by atoms with E-state index >= 15 is 0 Å². The highest BCUT2D eigenvalue weighted by molar-refractivity contribution is 7.80. The monoisotopic (exact) mass is 521 g/mol. The number of aliphatic hydroxyl groups is 1. The summed E-state index contributed by atoms with van der Waals surface area (Å²) in [6, 6.07) is 2.69. The zero-order valence-corrected chi connectivity index (χ0v) is 21.4. The van der Waals surface area contributed by atoms with Crippen molar-refractivity contribution in [3.8, 4) is 0 Å². The van der Waals surface area contributed by atoms with E-state index in [0.717, 1.165) is 10.9 Å². The fourth-order valence-electron chi connectivity index (χ4n) is 3.62. The molecule has 0 radical (unpaired) electrons. The number of nitrogens with two attached hydrogens (primary N) is 1. The lowest BCUT2D eigenvalue weighted by Crippen LogP contribution is -2.59. The van der Waals surface area contributed by atoms with Gasteiger partial charge in [0.15, 0.2) is 6.04 Å². The molecule has 2 rings (SSSR count). The molecule has 6 atom stereocenters. The summed E-state index contributed by atoms with van der Waals surface area (Å²) in [5.41, 5.74) is 7.50. The van der Waals surface area contributed by atoms with Gasteiger partial charge in [0, 0.05) is 29.3 Å². The van der Waals surface area contributed by atoms with Crippen LogP contribution in [0.4, 0.5) is 0 Å². The number of aromatic amines is 1. The van der Waals surface area contributed by atoms with Crippen molar-refractivity contribution in [3.63, 3.8) is 0 Å². The van der Waals surface area contributed by atoms with Gasteiger partial charge in [0.25, 0.3) is 0 Å². The average molecular weight is 522 g/mol. The molecule has 0 aliphatic heterocycles. The van der Waals surface area contributed by atoms with Crippen LogP contribution in [-0.4, -0.2) is 74.9 Å². The third-order valence-electron chi connectivity index (χ3n) is 6.15. The zero-order chi connectivity index (χ0) is 27.0. The molecule has 2 aromatic rings. The number of carboxylic acids is 1. The topological polar surface area (TPSA) is 187 Å². The van der Waals surface area contributed by atoms with Crippen LogP contribution in [0.25, 0.3) is 10.9 Å². The smallest absolute Gasteiger partial charge is 0.328 e. The number of carbonyl (C=O) groups excluding carboxylic acids is 3. The summed E-state index contributed by atoms with van der Waals surface area (Å²) in [6.45, 7) is 4.95. The van der Waals surface area contributed by atoms with Crippen molar-refractivity contribution in [1.29, 1.82) is 0 Å². The summed E-state index contributed by atoms with van der Waals surface area (Å²) < 4.78 is 0. The van der Waals surface area contributed by atoms with Gasteiger partial charge >= 0.3 is 5.97 Å². The van der Waals surface area contributed by atoms with Gasteiger partial charge in [-0.2, -0.15) is 12.6 Å². The van der Waals surface area contributed by atoms with Gasteiger partial charge in [-0.05, 0) is 24.5 Å². The highest BCUT2D eigenvalue weighted by atomic mass is 32.1. The summed E-state index contributed by atoms with van der Waals surface area (Å²) >= 11 is 4.16. The third-order valence-corrected chi connectivity index (χ3v) is 6.52. The molecule has 0 saturated carbocycles. The maximum absolute atomic E-state index is 13.1. The first-order chi connectivity index (χ1) is 17.0. The zero-order valence-electron chi connectivity index (χ0n) is 20.5. The normalized spacial score (nSPS) is 16.3. The van der Waals surface area contributed by atoms with E-state index in [4.69, 9.17) is 5.73 Å². The van der Waals surface area contributed by atoms with Gasteiger partial charge in [-0.3, -0.25) is 14.4 Å². The summed E-state index contributed by atoms with van der Waals surface area (Å²) in [5, 5.41) is 27.4. The van der Waals surface area contributed by atoms with E-state index in [0.29, 0.717) is 12.0 Å². The lowest BCUT2D eigenvalue weighted by atomic mass is 9.99. The quantitative estimate of drug-likeness (QED) is 0.169. The van der Waals surface area contributed by atoms with Crippen molar-refractivity contribution in [2.24, 2.45) is 11.7 Å². The van der Waals surface area contributed by atoms with Crippen molar-refractivity contribution in [2.45, 2.75) is 63.9 Å². The molecule has 11 nitrogen and oxygen atoms in total. The average Bonchev–Trinajstić information content (AvgIpc) is 3.26. The molecule has 0 aliphatic rings. The van der Waals surface area contributed by atoms with Gasteiger partial charge in [-0.1, -0.05) is 38.5 Å². The molecule has 0 saturated heterocycles. The number of fused-ring (bicyclic) bond motifs is 1. The minimum absolute atomic E-state index is 0.0212. The number of nitrogens with one attached hydrogen (secondary N) is 4. The maximum Gasteiger partial charge on any atom is 0.328 e. The molecule has 0 bridgehead atoms. The highest BCUT2D eigenvalue weighted by Gasteiger charge is 2.32. The van der Waals surface area contributed by atoms with Crippen LogP contribution in [-0.2, 0) is 25.6 Å². The van der Waals surface area contributed by atoms with Crippen LogP contribution in [0.3, 0.4) is 0 Å². The van der Waals surface area contributed by atoms with Crippen LogP contribution in [0, 0.1) is 5.92 Å². The number of H-pyrrole nitrogens is 1. The van der Waals surface area contributed by atoms with E-state index in [9.17, 15) is 29.4 Å². The molecule has 198 valence electrons. The largest absolute Gasteiger partial charge is 0.480 e. The minimum atomic E-state index is -1.58. The van der Waals surface area contributed by atoms with Crippen molar-refractivity contribution >= 4 is 47.2 Å². The van der Waals surface area contributed by atoms with Gasteiger partial charge < -0.3 is 36.9 Å². The highest BCUT2D eigenvalue weighted by Crippen LogP contribution is 2.19. The number of carboxylic acid groups (broad SMARTS) is 1. The third kappa shape index (κ3) is 7.45. The second kappa shape index (κ2) is 13.3. The van der Waals surface area contributed by atoms with Crippen molar-refractivity contribution in [1.82, 2.24) is 20.9 Å². The van der Waals surface area contributed by atoms with E-state index in [2.05, 4.69) is 33.6 Å². The summed E-state index contributed by atoms with van der Waals surface area (Å²) in [5.74, 6) is -3.59. The standard InChI is InChI=1S/C24H35N5O6S/c1-4-12(2)19(25)23(33)28-18(11-36)22(32)27-17(21(31)29-20(13(3)30)24(34)35)9-14-10-26-16-8-6-5-7-15(14)16/h5-8,10,12-13,17-20,26,30,36H,4,9,11,25H2,1-3H3,(H,27,32)(H,28,33)(H,29,31)(H,34,35). The number of amides is 3. The van der Waals surface area contributed by atoms with Crippen LogP contribution in [0.15, 0.2) is 30.5 Å². The SMILES string of the molecule is CCC(C)C(N)C(=O)NC(CS)C(=O)NC(Cc1c[nH]c2ccccc12)C(=O)NC(C(=O)O)C(C)O. The van der Waals surface area contributed by atoms with Crippen LogP contribution < -0.4 is 21.7 Å². The van der Waals surface area contributed by atoms with Gasteiger partial charge in [0.1, 0.15) is 12.1 Å². The van der Waals surface area contributed by atoms with E-state index in [-0.39, 0.29) is 18.1 Å². The predicted octanol–water partition coefficient (Wildman–Crippen LogP) is -0.0666. The van der Waals surface area contributed by atoms with E-state index in [1.807, 2.05) is 38.1 Å². The van der Waals surface area contributed by atoms with E-state index < -0.39 is 54.0 Å². The summed E-state index contributed by atoms with van der Waals surface area (Å²) in [4.78, 5) is 53.3. The van der Waals surface area contributed by atoms with Gasteiger partial charge in [0.2, 0.25) is 17.7 Å². The molecule has 1 aromatic heterocycles. The molecule has 12 heteroatoms. The lowest BCUT2D eigenvalue weighted by molar-refractivity contribution is -0.145. The summed E-state index contributed by atoms with van der Waals surface area (Å²) in [6.07, 6.45) is 1.02. The molecule has 6 unspecified atom stereocenters.